The zero-order valence-corrected chi connectivity index (χ0v) is 13.2. The third-order valence-corrected chi connectivity index (χ3v) is 4.41. The number of anilines is 1. The van der Waals surface area contributed by atoms with Gasteiger partial charge in [0.25, 0.3) is 0 Å². The van der Waals surface area contributed by atoms with E-state index in [2.05, 4.69) is 21.0 Å². The van der Waals surface area contributed by atoms with E-state index in [4.69, 9.17) is 0 Å². The van der Waals surface area contributed by atoms with Crippen LogP contribution in [0.5, 0.6) is 0 Å². The van der Waals surface area contributed by atoms with Gasteiger partial charge in [0.1, 0.15) is 11.6 Å². The second-order valence-corrected chi connectivity index (χ2v) is 7.18. The summed E-state index contributed by atoms with van der Waals surface area (Å²) in [6.45, 7) is 4.91. The van der Waals surface area contributed by atoms with Gasteiger partial charge in [-0.15, -0.1) is 5.10 Å². The summed E-state index contributed by atoms with van der Waals surface area (Å²) >= 11 is 0. The van der Waals surface area contributed by atoms with Gasteiger partial charge in [-0.2, -0.15) is 10.4 Å². The molecule has 2 heterocycles. The summed E-state index contributed by atoms with van der Waals surface area (Å²) in [5.74, 6) is 0.542. The van der Waals surface area contributed by atoms with Crippen molar-refractivity contribution in [2.45, 2.75) is 32.7 Å². The Morgan fingerprint density at radius 1 is 1.38 bits per heavy atom. The molecule has 1 unspecified atom stereocenters. The number of nitrogens with one attached hydrogen (secondary N) is 1. The van der Waals surface area contributed by atoms with Gasteiger partial charge in [-0.3, -0.25) is 0 Å². The van der Waals surface area contributed by atoms with E-state index in [0.717, 1.165) is 36.9 Å². The highest BCUT2D eigenvalue weighted by Crippen LogP contribution is 2.24. The first-order valence-corrected chi connectivity index (χ1v) is 8.67. The van der Waals surface area contributed by atoms with Crippen molar-refractivity contribution in [3.63, 3.8) is 0 Å². The smallest absolute Gasteiger partial charge is 0.209 e. The van der Waals surface area contributed by atoms with Crippen molar-refractivity contribution in [3.05, 3.63) is 16.8 Å². The van der Waals surface area contributed by atoms with Crippen LogP contribution in [0.2, 0.25) is 0 Å². The molecule has 1 N–H and O–H groups in total. The van der Waals surface area contributed by atoms with Crippen LogP contribution < -0.4 is 9.62 Å². The predicted octanol–water partition coefficient (Wildman–Crippen LogP) is 0.483. The van der Waals surface area contributed by atoms with E-state index in [-0.39, 0.29) is 6.04 Å². The van der Waals surface area contributed by atoms with Gasteiger partial charge in [-0.1, -0.05) is 0 Å². The van der Waals surface area contributed by atoms with Crippen LogP contribution in [-0.4, -0.2) is 44.0 Å². The highest BCUT2D eigenvalue weighted by molar-refractivity contribution is 7.88. The molecule has 0 spiro atoms. The number of hydrogen-bond donors (Lipinski definition) is 1. The molecule has 1 atom stereocenters. The molecule has 2 rings (SSSR count). The Morgan fingerprint density at radius 2 is 2.10 bits per heavy atom. The van der Waals surface area contributed by atoms with Gasteiger partial charge >= 0.3 is 0 Å². The first-order chi connectivity index (χ1) is 9.81. The third kappa shape index (κ3) is 3.68. The molecule has 114 valence electrons. The molecule has 21 heavy (non-hydrogen) atoms. The molecular formula is C13H19N5O2S. The molecule has 0 aliphatic carbocycles. The molecule has 0 amide bonds. The first kappa shape index (κ1) is 15.7. The van der Waals surface area contributed by atoms with Gasteiger partial charge in [0.15, 0.2) is 5.82 Å². The zero-order valence-electron chi connectivity index (χ0n) is 12.4. The van der Waals surface area contributed by atoms with Crippen molar-refractivity contribution < 1.29 is 8.42 Å². The van der Waals surface area contributed by atoms with Gasteiger partial charge in [-0.05, 0) is 32.3 Å². The second kappa shape index (κ2) is 5.95. The maximum atomic E-state index is 11.4. The molecule has 0 aromatic carbocycles. The number of nitriles is 1. The Bertz CT molecular complexity index is 681. The largest absolute Gasteiger partial charge is 0.352 e. The third-order valence-electron chi connectivity index (χ3n) is 3.65. The van der Waals surface area contributed by atoms with Gasteiger partial charge in [-0.25, -0.2) is 13.1 Å². The van der Waals surface area contributed by atoms with Gasteiger partial charge in [0.2, 0.25) is 10.0 Å². The van der Waals surface area contributed by atoms with Crippen LogP contribution in [-0.2, 0) is 10.0 Å². The topological polar surface area (TPSA) is 99.0 Å². The monoisotopic (exact) mass is 309 g/mol. The zero-order chi connectivity index (χ0) is 15.6. The summed E-state index contributed by atoms with van der Waals surface area (Å²) in [7, 11) is -3.24. The second-order valence-electron chi connectivity index (χ2n) is 5.40. The molecule has 8 heteroatoms. The minimum absolute atomic E-state index is 0.163. The maximum Gasteiger partial charge on any atom is 0.209 e. The van der Waals surface area contributed by atoms with E-state index < -0.39 is 10.0 Å². The lowest BCUT2D eigenvalue weighted by Gasteiger charge is -2.33. The first-order valence-electron chi connectivity index (χ1n) is 6.78. The van der Waals surface area contributed by atoms with Crippen molar-refractivity contribution in [2.24, 2.45) is 0 Å². The fourth-order valence-electron chi connectivity index (χ4n) is 2.52. The quantitative estimate of drug-likeness (QED) is 0.872. The molecule has 1 fully saturated rings. The average molecular weight is 309 g/mol. The standard InChI is InChI=1S/C13H19N5O2S/c1-9-10(2)15-16-13(12(9)7-14)18-6-4-5-11(8-18)17-21(3,19)20/h11,17H,4-6,8H2,1-3H3. The highest BCUT2D eigenvalue weighted by atomic mass is 32.2. The van der Waals surface area contributed by atoms with Crippen molar-refractivity contribution in [2.75, 3.05) is 24.2 Å². The summed E-state index contributed by atoms with van der Waals surface area (Å²) in [5.41, 5.74) is 2.07. The normalized spacial score (nSPS) is 19.3. The van der Waals surface area contributed by atoms with Gasteiger partial charge < -0.3 is 4.90 Å². The van der Waals surface area contributed by atoms with Crippen molar-refractivity contribution >= 4 is 15.8 Å². The molecule has 0 saturated carbocycles. The Hall–Kier alpha value is -1.72. The van der Waals surface area contributed by atoms with Crippen LogP contribution in [0.1, 0.15) is 29.7 Å². The van der Waals surface area contributed by atoms with Gasteiger partial charge in [0, 0.05) is 19.1 Å². The van der Waals surface area contributed by atoms with Crippen molar-refractivity contribution in [1.82, 2.24) is 14.9 Å². The number of aryl methyl sites for hydroxylation is 1. The SMILES string of the molecule is Cc1nnc(N2CCCC(NS(C)(=O)=O)C2)c(C#N)c1C. The molecule has 0 bridgehead atoms. The number of sulfonamides is 1. The minimum atomic E-state index is -3.24. The minimum Gasteiger partial charge on any atom is -0.352 e. The number of aromatic nitrogens is 2. The molecule has 7 nitrogen and oxygen atoms in total. The highest BCUT2D eigenvalue weighted by Gasteiger charge is 2.26. The summed E-state index contributed by atoms with van der Waals surface area (Å²) < 4.78 is 25.3. The summed E-state index contributed by atoms with van der Waals surface area (Å²) in [6.07, 6.45) is 2.78. The molecule has 0 radical (unpaired) electrons. The molecule has 1 aliphatic heterocycles. The van der Waals surface area contributed by atoms with Crippen LogP contribution in [0.15, 0.2) is 0 Å². The lowest BCUT2D eigenvalue weighted by Crippen LogP contribution is -2.48. The summed E-state index contributed by atoms with van der Waals surface area (Å²) in [4.78, 5) is 1.93. The summed E-state index contributed by atoms with van der Waals surface area (Å²) in [5, 5.41) is 17.6. The van der Waals surface area contributed by atoms with E-state index >= 15 is 0 Å². The predicted molar refractivity (Wildman–Crippen MR) is 79.4 cm³/mol. The summed E-state index contributed by atoms with van der Waals surface area (Å²) in [6, 6.07) is 2.02. The lowest BCUT2D eigenvalue weighted by atomic mass is 10.0. The van der Waals surface area contributed by atoms with E-state index in [1.54, 1.807) is 0 Å². The van der Waals surface area contributed by atoms with E-state index in [0.29, 0.717) is 17.9 Å². The van der Waals surface area contributed by atoms with Gasteiger partial charge in [0.05, 0.1) is 11.9 Å². The Balaban J connectivity index is 2.27. The van der Waals surface area contributed by atoms with Crippen LogP contribution in [0.3, 0.4) is 0 Å². The molecule has 1 aromatic rings. The van der Waals surface area contributed by atoms with Crippen LogP contribution >= 0.6 is 0 Å². The van der Waals surface area contributed by atoms with Crippen LogP contribution in [0, 0.1) is 25.2 Å². The number of nitrogens with zero attached hydrogens (tertiary/aromatic N) is 4. The van der Waals surface area contributed by atoms with E-state index in [1.165, 1.54) is 0 Å². The van der Waals surface area contributed by atoms with Crippen LogP contribution in [0.25, 0.3) is 0 Å². The fraction of sp³-hybridized carbons (Fsp3) is 0.615. The molecule has 1 saturated heterocycles. The van der Waals surface area contributed by atoms with E-state index in [9.17, 15) is 13.7 Å². The Morgan fingerprint density at radius 3 is 2.71 bits per heavy atom. The fourth-order valence-corrected chi connectivity index (χ4v) is 3.32. The number of rotatable bonds is 3. The van der Waals surface area contributed by atoms with Crippen LogP contribution in [0.4, 0.5) is 5.82 Å². The number of hydrogen-bond acceptors (Lipinski definition) is 6. The Labute approximate surface area is 125 Å². The number of piperidine rings is 1. The molecular weight excluding hydrogens is 290 g/mol. The average Bonchev–Trinajstić information content (AvgIpc) is 2.40. The Kier molecular flexibility index (Phi) is 4.44. The van der Waals surface area contributed by atoms with Crippen molar-refractivity contribution in [1.29, 1.82) is 5.26 Å². The molecule has 1 aliphatic rings. The van der Waals surface area contributed by atoms with Crippen molar-refractivity contribution in [3.8, 4) is 6.07 Å². The lowest BCUT2D eigenvalue weighted by molar-refractivity contribution is 0.464. The van der Waals surface area contributed by atoms with E-state index in [1.807, 2.05) is 18.7 Å². The maximum absolute atomic E-state index is 11.4. The molecule has 1 aromatic heterocycles.